The lowest BCUT2D eigenvalue weighted by molar-refractivity contribution is 0.0564. The number of furan rings is 1. The number of rotatable bonds is 4. The lowest BCUT2D eigenvalue weighted by Gasteiger charge is -2.01. The van der Waals surface area contributed by atoms with Crippen LogP contribution in [0.1, 0.15) is 49.8 Å². The van der Waals surface area contributed by atoms with Crippen molar-refractivity contribution in [1.29, 1.82) is 5.26 Å². The molecule has 3 rings (SSSR count). The van der Waals surface area contributed by atoms with Gasteiger partial charge < -0.3 is 13.7 Å². The number of ketones is 1. The van der Waals surface area contributed by atoms with Crippen LogP contribution < -0.4 is 0 Å². The van der Waals surface area contributed by atoms with Gasteiger partial charge >= 0.3 is 5.97 Å². The minimum absolute atomic E-state index is 0.0400. The molecule has 2 aromatic rings. The molecular weight excluding hydrogens is 308 g/mol. The van der Waals surface area contributed by atoms with Crippen molar-refractivity contribution < 1.29 is 18.7 Å². The highest BCUT2D eigenvalue weighted by atomic mass is 16.5. The summed E-state index contributed by atoms with van der Waals surface area (Å²) in [7, 11) is 1.26. The number of esters is 1. The van der Waals surface area contributed by atoms with E-state index in [1.807, 2.05) is 11.5 Å². The molecule has 0 aliphatic carbocycles. The molecule has 0 radical (unpaired) electrons. The van der Waals surface area contributed by atoms with Crippen LogP contribution in [0, 0.1) is 18.3 Å². The molecule has 1 aliphatic rings. The summed E-state index contributed by atoms with van der Waals surface area (Å²) in [6.45, 7) is 2.69. The molecule has 0 fully saturated rings. The predicted octanol–water partition coefficient (Wildman–Crippen LogP) is 2.89. The van der Waals surface area contributed by atoms with Crippen molar-refractivity contribution in [3.8, 4) is 6.07 Å². The SMILES string of the molecule is COC(=O)c1occc1/C=C\C(=O)c1c(C#N)c2n(c1C)CCC2. The Morgan fingerprint density at radius 2 is 2.25 bits per heavy atom. The molecule has 2 aromatic heterocycles. The van der Waals surface area contributed by atoms with Crippen LogP contribution in [0.4, 0.5) is 0 Å². The van der Waals surface area contributed by atoms with Crippen LogP contribution >= 0.6 is 0 Å². The monoisotopic (exact) mass is 324 g/mol. The molecule has 0 unspecified atom stereocenters. The molecule has 0 spiro atoms. The van der Waals surface area contributed by atoms with Crippen molar-refractivity contribution in [2.75, 3.05) is 7.11 Å². The van der Waals surface area contributed by atoms with Gasteiger partial charge in [0.1, 0.15) is 6.07 Å². The molecule has 0 amide bonds. The fourth-order valence-corrected chi connectivity index (χ4v) is 3.14. The molecule has 0 bridgehead atoms. The van der Waals surface area contributed by atoms with Gasteiger partial charge in [-0.3, -0.25) is 4.79 Å². The second-order valence-electron chi connectivity index (χ2n) is 5.54. The summed E-state index contributed by atoms with van der Waals surface area (Å²) in [6.07, 6.45) is 6.02. The van der Waals surface area contributed by atoms with Gasteiger partial charge in [-0.15, -0.1) is 0 Å². The summed E-state index contributed by atoms with van der Waals surface area (Å²) in [5.74, 6) is -0.829. The van der Waals surface area contributed by atoms with Gasteiger partial charge in [-0.1, -0.05) is 0 Å². The number of methoxy groups -OCH3 is 1. The number of hydrogen-bond donors (Lipinski definition) is 0. The first-order valence-electron chi connectivity index (χ1n) is 7.58. The van der Waals surface area contributed by atoms with Crippen LogP contribution in [0.25, 0.3) is 6.08 Å². The zero-order chi connectivity index (χ0) is 17.3. The van der Waals surface area contributed by atoms with Crippen molar-refractivity contribution in [2.24, 2.45) is 0 Å². The minimum atomic E-state index is -0.608. The molecule has 6 nitrogen and oxygen atoms in total. The van der Waals surface area contributed by atoms with Crippen LogP contribution in [0.5, 0.6) is 0 Å². The molecule has 0 saturated carbocycles. The van der Waals surface area contributed by atoms with E-state index in [0.29, 0.717) is 16.7 Å². The standard InChI is InChI=1S/C18H16N2O4/c1-11-16(13(10-19)14-4-3-8-20(11)14)15(21)6-5-12-7-9-24-17(12)18(22)23-2/h5-7,9H,3-4,8H2,1-2H3/b6-5-. The third kappa shape index (κ3) is 2.44. The fraction of sp³-hybridized carbons (Fsp3) is 0.278. The van der Waals surface area contributed by atoms with E-state index in [9.17, 15) is 14.9 Å². The number of ether oxygens (including phenoxy) is 1. The van der Waals surface area contributed by atoms with Crippen LogP contribution in [0.15, 0.2) is 22.8 Å². The van der Waals surface area contributed by atoms with Crippen LogP contribution in [-0.2, 0) is 17.7 Å². The van der Waals surface area contributed by atoms with Gasteiger partial charge in [0.2, 0.25) is 5.76 Å². The predicted molar refractivity (Wildman–Crippen MR) is 85.6 cm³/mol. The zero-order valence-electron chi connectivity index (χ0n) is 13.5. The third-order valence-electron chi connectivity index (χ3n) is 4.27. The van der Waals surface area contributed by atoms with E-state index < -0.39 is 5.97 Å². The molecule has 24 heavy (non-hydrogen) atoms. The van der Waals surface area contributed by atoms with E-state index in [1.54, 1.807) is 6.07 Å². The van der Waals surface area contributed by atoms with Crippen molar-refractivity contribution in [1.82, 2.24) is 4.57 Å². The van der Waals surface area contributed by atoms with Crippen LogP contribution in [0.3, 0.4) is 0 Å². The van der Waals surface area contributed by atoms with Crippen molar-refractivity contribution >= 4 is 17.8 Å². The second-order valence-corrected chi connectivity index (χ2v) is 5.54. The van der Waals surface area contributed by atoms with Gasteiger partial charge in [-0.05, 0) is 38.0 Å². The maximum atomic E-state index is 12.6. The number of allylic oxidation sites excluding steroid dienone is 1. The molecule has 6 heteroatoms. The van der Waals surface area contributed by atoms with Crippen molar-refractivity contribution in [2.45, 2.75) is 26.3 Å². The number of hydrogen-bond acceptors (Lipinski definition) is 5. The Balaban J connectivity index is 1.94. The highest BCUT2D eigenvalue weighted by molar-refractivity contribution is 6.10. The number of nitriles is 1. The smallest absolute Gasteiger partial charge is 0.374 e. The van der Waals surface area contributed by atoms with Crippen LogP contribution in [-0.4, -0.2) is 23.4 Å². The number of fused-ring (bicyclic) bond motifs is 1. The summed E-state index contributed by atoms with van der Waals surface area (Å²) < 4.78 is 11.7. The Hall–Kier alpha value is -3.07. The Labute approximate surface area is 138 Å². The zero-order valence-corrected chi connectivity index (χ0v) is 13.5. The highest BCUT2D eigenvalue weighted by Crippen LogP contribution is 2.29. The minimum Gasteiger partial charge on any atom is -0.463 e. The average Bonchev–Trinajstić information content (AvgIpc) is 3.29. The van der Waals surface area contributed by atoms with Gasteiger partial charge in [0.15, 0.2) is 5.78 Å². The Kier molecular flexibility index (Phi) is 4.09. The Morgan fingerprint density at radius 3 is 2.96 bits per heavy atom. The molecule has 0 aromatic carbocycles. The number of carbonyl (C=O) groups is 2. The highest BCUT2D eigenvalue weighted by Gasteiger charge is 2.26. The van der Waals surface area contributed by atoms with Gasteiger partial charge in [0, 0.05) is 23.5 Å². The van der Waals surface area contributed by atoms with E-state index in [4.69, 9.17) is 4.42 Å². The second kappa shape index (κ2) is 6.20. The maximum absolute atomic E-state index is 12.6. The quantitative estimate of drug-likeness (QED) is 0.490. The Morgan fingerprint density at radius 1 is 1.46 bits per heavy atom. The summed E-state index contributed by atoms with van der Waals surface area (Å²) in [6, 6.07) is 3.74. The molecule has 122 valence electrons. The number of nitrogens with zero attached hydrogens (tertiary/aromatic N) is 2. The van der Waals surface area contributed by atoms with Gasteiger partial charge in [0.05, 0.1) is 24.5 Å². The van der Waals surface area contributed by atoms with E-state index in [1.165, 1.54) is 25.5 Å². The summed E-state index contributed by atoms with van der Waals surface area (Å²) in [5, 5.41) is 9.43. The Bertz CT molecular complexity index is 893. The lowest BCUT2D eigenvalue weighted by atomic mass is 10.0. The van der Waals surface area contributed by atoms with Crippen molar-refractivity contribution in [3.05, 3.63) is 52.2 Å². The molecular formula is C18H16N2O4. The van der Waals surface area contributed by atoms with Crippen molar-refractivity contribution in [3.63, 3.8) is 0 Å². The van der Waals surface area contributed by atoms with Crippen LogP contribution in [0.2, 0.25) is 0 Å². The van der Waals surface area contributed by atoms with Gasteiger partial charge in [-0.25, -0.2) is 4.79 Å². The fourth-order valence-electron chi connectivity index (χ4n) is 3.14. The molecule has 0 saturated heterocycles. The maximum Gasteiger partial charge on any atom is 0.374 e. The number of carbonyl (C=O) groups excluding carboxylic acids is 2. The summed E-state index contributed by atoms with van der Waals surface area (Å²) >= 11 is 0. The van der Waals surface area contributed by atoms with Gasteiger partial charge in [0.25, 0.3) is 0 Å². The topological polar surface area (TPSA) is 85.2 Å². The molecule has 1 aliphatic heterocycles. The summed E-state index contributed by atoms with van der Waals surface area (Å²) in [5.41, 5.74) is 3.10. The average molecular weight is 324 g/mol. The molecule has 0 atom stereocenters. The molecule has 0 N–H and O–H groups in total. The first-order chi connectivity index (χ1) is 11.6. The van der Waals surface area contributed by atoms with E-state index >= 15 is 0 Å². The molecule has 3 heterocycles. The normalized spacial score (nSPS) is 13.0. The first kappa shape index (κ1) is 15.8. The van der Waals surface area contributed by atoms with E-state index in [0.717, 1.165) is 30.8 Å². The van der Waals surface area contributed by atoms with Gasteiger partial charge in [-0.2, -0.15) is 5.26 Å². The first-order valence-corrected chi connectivity index (χ1v) is 7.58. The lowest BCUT2D eigenvalue weighted by Crippen LogP contribution is -2.03. The van der Waals surface area contributed by atoms with E-state index in [-0.39, 0.29) is 11.5 Å². The largest absolute Gasteiger partial charge is 0.463 e. The van der Waals surface area contributed by atoms with E-state index in [2.05, 4.69) is 10.8 Å². The third-order valence-corrected chi connectivity index (χ3v) is 4.27. The number of aromatic nitrogens is 1. The summed E-state index contributed by atoms with van der Waals surface area (Å²) in [4.78, 5) is 24.2.